The van der Waals surface area contributed by atoms with Crippen molar-refractivity contribution >= 4 is 21.9 Å². The van der Waals surface area contributed by atoms with E-state index in [9.17, 15) is 14.3 Å². The summed E-state index contributed by atoms with van der Waals surface area (Å²) in [7, 11) is 1.73. The number of pyridine rings is 1. The van der Waals surface area contributed by atoms with Gasteiger partial charge in [-0.05, 0) is 36.6 Å². The summed E-state index contributed by atoms with van der Waals surface area (Å²) >= 11 is 0. The van der Waals surface area contributed by atoms with Gasteiger partial charge in [0.05, 0.1) is 22.7 Å². The van der Waals surface area contributed by atoms with Crippen LogP contribution in [0.5, 0.6) is 5.75 Å². The molecule has 7 heteroatoms. The molecule has 148 valence electrons. The smallest absolute Gasteiger partial charge is 0.329 e. The Labute approximate surface area is 165 Å². The van der Waals surface area contributed by atoms with E-state index < -0.39 is 5.82 Å². The molecule has 0 aliphatic carbocycles. The maximum Gasteiger partial charge on any atom is 0.329 e. The fourth-order valence-corrected chi connectivity index (χ4v) is 4.19. The summed E-state index contributed by atoms with van der Waals surface area (Å²) in [6.07, 6.45) is 3.15. The number of imidazole rings is 1. The highest BCUT2D eigenvalue weighted by Crippen LogP contribution is 2.33. The Morgan fingerprint density at radius 3 is 2.62 bits per heavy atom. The standard InChI is InChI=1S/C22H20FN3O3/c1-25-20-12-24-19-11-18(23)16(13-2-4-15(27)5-3-13)10-17(19)21(20)26(22(25)28)14-6-8-29-9-7-14/h2-5,10-12,14,27H,6-9H2,1H3. The SMILES string of the molecule is Cn1c(=O)n(C2CCOCC2)c2c3cc(-c4ccc(O)cc4)c(F)cc3ncc21. The minimum atomic E-state index is -0.397. The quantitative estimate of drug-likeness (QED) is 0.563. The third kappa shape index (κ3) is 2.81. The Balaban J connectivity index is 1.83. The van der Waals surface area contributed by atoms with Crippen LogP contribution < -0.4 is 5.69 Å². The summed E-state index contributed by atoms with van der Waals surface area (Å²) < 4.78 is 23.7. The van der Waals surface area contributed by atoms with Crippen molar-refractivity contribution in [1.82, 2.24) is 14.1 Å². The average molecular weight is 393 g/mol. The van der Waals surface area contributed by atoms with Crippen LogP contribution in [0.2, 0.25) is 0 Å². The molecule has 2 aromatic carbocycles. The predicted molar refractivity (Wildman–Crippen MR) is 109 cm³/mol. The zero-order chi connectivity index (χ0) is 20.1. The molecular formula is C22H20FN3O3. The minimum absolute atomic E-state index is 0.0349. The monoisotopic (exact) mass is 393 g/mol. The van der Waals surface area contributed by atoms with Gasteiger partial charge in [0.25, 0.3) is 0 Å². The number of aromatic nitrogens is 3. The van der Waals surface area contributed by atoms with Gasteiger partial charge in [-0.25, -0.2) is 9.18 Å². The van der Waals surface area contributed by atoms with Gasteiger partial charge < -0.3 is 9.84 Å². The van der Waals surface area contributed by atoms with Crippen molar-refractivity contribution in [2.45, 2.75) is 18.9 Å². The van der Waals surface area contributed by atoms with Crippen LogP contribution in [0.15, 0.2) is 47.4 Å². The van der Waals surface area contributed by atoms with Gasteiger partial charge in [0, 0.05) is 43.3 Å². The van der Waals surface area contributed by atoms with E-state index in [1.165, 1.54) is 18.2 Å². The molecule has 0 spiro atoms. The molecule has 0 radical (unpaired) electrons. The number of halogens is 1. The largest absolute Gasteiger partial charge is 0.508 e. The Kier molecular flexibility index (Phi) is 4.13. The van der Waals surface area contributed by atoms with Crippen LogP contribution in [-0.4, -0.2) is 32.4 Å². The molecule has 1 fully saturated rings. The van der Waals surface area contributed by atoms with E-state index in [1.54, 1.807) is 36.0 Å². The summed E-state index contributed by atoms with van der Waals surface area (Å²) in [6, 6.07) is 9.58. The number of aryl methyl sites for hydroxylation is 1. The first-order valence-electron chi connectivity index (χ1n) is 9.61. The van der Waals surface area contributed by atoms with E-state index in [1.807, 2.05) is 4.57 Å². The van der Waals surface area contributed by atoms with Crippen LogP contribution in [0.4, 0.5) is 4.39 Å². The van der Waals surface area contributed by atoms with Crippen molar-refractivity contribution in [2.75, 3.05) is 13.2 Å². The van der Waals surface area contributed by atoms with Gasteiger partial charge in [-0.2, -0.15) is 0 Å². The number of hydrogen-bond donors (Lipinski definition) is 1. The van der Waals surface area contributed by atoms with Gasteiger partial charge in [-0.1, -0.05) is 12.1 Å². The van der Waals surface area contributed by atoms with E-state index in [2.05, 4.69) is 4.98 Å². The summed E-state index contributed by atoms with van der Waals surface area (Å²) in [6.45, 7) is 1.23. The second kappa shape index (κ2) is 6.70. The zero-order valence-electron chi connectivity index (χ0n) is 15.9. The molecule has 0 unspecified atom stereocenters. The van der Waals surface area contributed by atoms with Crippen molar-refractivity contribution in [1.29, 1.82) is 0 Å². The first-order chi connectivity index (χ1) is 14.0. The van der Waals surface area contributed by atoms with E-state index in [-0.39, 0.29) is 17.5 Å². The molecule has 2 aromatic heterocycles. The fraction of sp³-hybridized carbons (Fsp3) is 0.273. The van der Waals surface area contributed by atoms with Crippen LogP contribution in [0.1, 0.15) is 18.9 Å². The summed E-state index contributed by atoms with van der Waals surface area (Å²) in [5, 5.41) is 10.3. The number of aromatic hydroxyl groups is 1. The number of phenols is 1. The number of benzene rings is 2. The van der Waals surface area contributed by atoms with Gasteiger partial charge in [-0.15, -0.1) is 0 Å². The molecule has 4 aromatic rings. The first-order valence-corrected chi connectivity index (χ1v) is 9.61. The number of nitrogens with zero attached hydrogens (tertiary/aromatic N) is 3. The van der Waals surface area contributed by atoms with Gasteiger partial charge in [0.1, 0.15) is 11.6 Å². The Bertz CT molecular complexity index is 1290. The van der Waals surface area contributed by atoms with Crippen LogP contribution >= 0.6 is 0 Å². The highest BCUT2D eigenvalue weighted by molar-refractivity contribution is 6.04. The Morgan fingerprint density at radius 2 is 1.90 bits per heavy atom. The fourth-order valence-electron chi connectivity index (χ4n) is 4.19. The summed E-state index contributed by atoms with van der Waals surface area (Å²) in [5.41, 5.74) is 2.95. The van der Waals surface area contributed by atoms with Crippen molar-refractivity contribution in [3.8, 4) is 16.9 Å². The molecule has 3 heterocycles. The first kappa shape index (κ1) is 17.9. The number of hydrogen-bond acceptors (Lipinski definition) is 4. The molecule has 1 saturated heterocycles. The highest BCUT2D eigenvalue weighted by Gasteiger charge is 2.24. The lowest BCUT2D eigenvalue weighted by atomic mass is 10.0. The lowest BCUT2D eigenvalue weighted by molar-refractivity contribution is 0.0697. The van der Waals surface area contributed by atoms with Gasteiger partial charge in [0.2, 0.25) is 0 Å². The minimum Gasteiger partial charge on any atom is -0.508 e. The number of ether oxygens (including phenoxy) is 1. The molecule has 0 saturated carbocycles. The van der Waals surface area contributed by atoms with E-state index in [4.69, 9.17) is 4.74 Å². The normalized spacial score (nSPS) is 15.4. The average Bonchev–Trinajstić information content (AvgIpc) is 2.99. The third-order valence-corrected chi connectivity index (χ3v) is 5.74. The molecule has 1 N–H and O–H groups in total. The lowest BCUT2D eigenvalue weighted by Crippen LogP contribution is -2.29. The molecule has 0 bridgehead atoms. The highest BCUT2D eigenvalue weighted by atomic mass is 19.1. The second-order valence-electron chi connectivity index (χ2n) is 7.44. The number of fused-ring (bicyclic) bond motifs is 3. The molecule has 29 heavy (non-hydrogen) atoms. The maximum atomic E-state index is 14.9. The molecule has 0 amide bonds. The number of phenolic OH excluding ortho intramolecular Hbond substituents is 1. The topological polar surface area (TPSA) is 69.3 Å². The van der Waals surface area contributed by atoms with Crippen molar-refractivity contribution < 1.29 is 14.2 Å². The summed E-state index contributed by atoms with van der Waals surface area (Å²) in [4.78, 5) is 17.4. The van der Waals surface area contributed by atoms with E-state index in [0.717, 1.165) is 29.3 Å². The van der Waals surface area contributed by atoms with Crippen LogP contribution in [0.3, 0.4) is 0 Å². The molecule has 5 rings (SSSR count). The van der Waals surface area contributed by atoms with Gasteiger partial charge in [-0.3, -0.25) is 14.1 Å². The second-order valence-corrected chi connectivity index (χ2v) is 7.44. The van der Waals surface area contributed by atoms with Crippen molar-refractivity contribution in [3.05, 3.63) is 58.9 Å². The predicted octanol–water partition coefficient (Wildman–Crippen LogP) is 3.75. The third-order valence-electron chi connectivity index (χ3n) is 5.74. The van der Waals surface area contributed by atoms with Crippen LogP contribution in [0.25, 0.3) is 33.1 Å². The van der Waals surface area contributed by atoms with Crippen molar-refractivity contribution in [3.63, 3.8) is 0 Å². The van der Waals surface area contributed by atoms with E-state index >= 15 is 0 Å². The molecule has 1 aliphatic rings. The zero-order valence-corrected chi connectivity index (χ0v) is 15.9. The number of rotatable bonds is 2. The van der Waals surface area contributed by atoms with Gasteiger partial charge in [0.15, 0.2) is 0 Å². The molecule has 6 nitrogen and oxygen atoms in total. The molecule has 1 aliphatic heterocycles. The maximum absolute atomic E-state index is 14.9. The Morgan fingerprint density at radius 1 is 1.17 bits per heavy atom. The molecular weight excluding hydrogens is 373 g/mol. The van der Waals surface area contributed by atoms with Crippen LogP contribution in [-0.2, 0) is 11.8 Å². The summed E-state index contributed by atoms with van der Waals surface area (Å²) in [5.74, 6) is -0.277. The Hall–Kier alpha value is -3.19. The van der Waals surface area contributed by atoms with E-state index in [0.29, 0.717) is 29.9 Å². The van der Waals surface area contributed by atoms with Crippen LogP contribution in [0, 0.1) is 5.82 Å². The lowest BCUT2D eigenvalue weighted by Gasteiger charge is -2.23. The molecule has 0 atom stereocenters. The van der Waals surface area contributed by atoms with Crippen molar-refractivity contribution in [2.24, 2.45) is 7.05 Å². The van der Waals surface area contributed by atoms with Gasteiger partial charge >= 0.3 is 5.69 Å².